The van der Waals surface area contributed by atoms with Crippen LogP contribution in [0, 0.1) is 11.3 Å². The lowest BCUT2D eigenvalue weighted by Crippen LogP contribution is -2.26. The van der Waals surface area contributed by atoms with Crippen LogP contribution in [0.5, 0.6) is 0 Å². The number of aliphatic carboxylic acids is 1. The van der Waals surface area contributed by atoms with Gasteiger partial charge in [0, 0.05) is 21.9 Å². The van der Waals surface area contributed by atoms with Crippen molar-refractivity contribution >= 4 is 29.2 Å². The predicted molar refractivity (Wildman–Crippen MR) is 83.6 cm³/mol. The first-order chi connectivity index (χ1) is 10.5. The Morgan fingerprint density at radius 2 is 1.77 bits per heavy atom. The molecule has 0 radical (unpaired) electrons. The van der Waals surface area contributed by atoms with E-state index in [1.165, 1.54) is 0 Å². The van der Waals surface area contributed by atoms with Crippen LogP contribution in [0.4, 0.5) is 0 Å². The molecule has 0 bridgehead atoms. The van der Waals surface area contributed by atoms with Gasteiger partial charge in [-0.1, -0.05) is 47.5 Å². The van der Waals surface area contributed by atoms with Gasteiger partial charge < -0.3 is 9.90 Å². The maximum Gasteiger partial charge on any atom is 0.0785 e. The van der Waals surface area contributed by atoms with E-state index in [1.54, 1.807) is 48.5 Å². The standard InChI is InChI=1S/C17H13Cl2NO2/c18-13-6-4-11(5-7-13)15(9-17(21)22)16(10-20)12-2-1-3-14(19)8-12/h1-8,15-16H,9H2,(H,21,22)/p-1. The number of carboxylic acids is 1. The third-order valence-corrected chi connectivity index (χ3v) is 3.92. The highest BCUT2D eigenvalue weighted by Gasteiger charge is 2.25. The molecule has 0 aliphatic carbocycles. The lowest BCUT2D eigenvalue weighted by Gasteiger charge is -2.23. The monoisotopic (exact) mass is 332 g/mol. The fourth-order valence-electron chi connectivity index (χ4n) is 2.41. The molecule has 2 aromatic carbocycles. The summed E-state index contributed by atoms with van der Waals surface area (Å²) in [4.78, 5) is 11.1. The van der Waals surface area contributed by atoms with Crippen molar-refractivity contribution in [1.82, 2.24) is 0 Å². The lowest BCUT2D eigenvalue weighted by atomic mass is 9.80. The largest absolute Gasteiger partial charge is 0.550 e. The minimum Gasteiger partial charge on any atom is -0.550 e. The van der Waals surface area contributed by atoms with Crippen LogP contribution in [0.3, 0.4) is 0 Å². The van der Waals surface area contributed by atoms with Crippen LogP contribution in [0.2, 0.25) is 10.0 Å². The quantitative estimate of drug-likeness (QED) is 0.841. The summed E-state index contributed by atoms with van der Waals surface area (Å²) in [6.07, 6.45) is -0.258. The van der Waals surface area contributed by atoms with Crippen molar-refractivity contribution in [2.45, 2.75) is 18.3 Å². The van der Waals surface area contributed by atoms with E-state index in [0.717, 1.165) is 5.56 Å². The van der Waals surface area contributed by atoms with Crippen LogP contribution in [-0.4, -0.2) is 5.97 Å². The third-order valence-electron chi connectivity index (χ3n) is 3.43. The van der Waals surface area contributed by atoms with Crippen LogP contribution in [0.1, 0.15) is 29.4 Å². The number of benzene rings is 2. The first-order valence-electron chi connectivity index (χ1n) is 6.61. The molecule has 2 rings (SSSR count). The highest BCUT2D eigenvalue weighted by molar-refractivity contribution is 6.30. The smallest absolute Gasteiger partial charge is 0.0785 e. The molecular formula is C17H12Cl2NO2-. The Bertz CT molecular complexity index is 707. The van der Waals surface area contributed by atoms with Crippen molar-refractivity contribution in [3.8, 4) is 6.07 Å². The maximum atomic E-state index is 11.1. The number of carbonyl (C=O) groups excluding carboxylic acids is 1. The minimum atomic E-state index is -1.21. The number of hydrogen-bond donors (Lipinski definition) is 0. The summed E-state index contributed by atoms with van der Waals surface area (Å²) in [6, 6.07) is 15.9. The van der Waals surface area contributed by atoms with Gasteiger partial charge in [0.25, 0.3) is 0 Å². The van der Waals surface area contributed by atoms with E-state index in [0.29, 0.717) is 15.6 Å². The summed E-state index contributed by atoms with van der Waals surface area (Å²) in [6.45, 7) is 0. The van der Waals surface area contributed by atoms with E-state index >= 15 is 0 Å². The van der Waals surface area contributed by atoms with E-state index in [2.05, 4.69) is 6.07 Å². The van der Waals surface area contributed by atoms with E-state index in [9.17, 15) is 15.2 Å². The Morgan fingerprint density at radius 3 is 2.32 bits per heavy atom. The van der Waals surface area contributed by atoms with Crippen LogP contribution in [0.15, 0.2) is 48.5 Å². The molecule has 0 aromatic heterocycles. The van der Waals surface area contributed by atoms with Gasteiger partial charge in [-0.3, -0.25) is 0 Å². The number of halogens is 2. The molecule has 0 saturated heterocycles. The number of rotatable bonds is 5. The Hall–Kier alpha value is -2.02. The number of nitriles is 1. The summed E-state index contributed by atoms with van der Waals surface area (Å²) in [7, 11) is 0. The van der Waals surface area contributed by atoms with Gasteiger partial charge in [-0.2, -0.15) is 5.26 Å². The molecule has 0 fully saturated rings. The highest BCUT2D eigenvalue weighted by Crippen LogP contribution is 2.36. The maximum absolute atomic E-state index is 11.1. The lowest BCUT2D eigenvalue weighted by molar-refractivity contribution is -0.306. The van der Waals surface area contributed by atoms with Crippen LogP contribution >= 0.6 is 23.2 Å². The highest BCUT2D eigenvalue weighted by atomic mass is 35.5. The normalized spacial score (nSPS) is 13.1. The topological polar surface area (TPSA) is 63.9 Å². The number of hydrogen-bond acceptors (Lipinski definition) is 3. The second-order valence-electron chi connectivity index (χ2n) is 4.90. The molecule has 2 unspecified atom stereocenters. The molecule has 0 spiro atoms. The fraction of sp³-hybridized carbons (Fsp3) is 0.176. The van der Waals surface area contributed by atoms with Gasteiger partial charge in [-0.15, -0.1) is 0 Å². The van der Waals surface area contributed by atoms with E-state index in [1.807, 2.05) is 0 Å². The molecule has 0 heterocycles. The van der Waals surface area contributed by atoms with Crippen molar-refractivity contribution < 1.29 is 9.90 Å². The molecule has 2 atom stereocenters. The molecule has 22 heavy (non-hydrogen) atoms. The van der Waals surface area contributed by atoms with Gasteiger partial charge in [0.15, 0.2) is 0 Å². The van der Waals surface area contributed by atoms with Crippen molar-refractivity contribution in [1.29, 1.82) is 5.26 Å². The first kappa shape index (κ1) is 16.4. The summed E-state index contributed by atoms with van der Waals surface area (Å²) >= 11 is 11.8. The number of nitrogens with zero attached hydrogens (tertiary/aromatic N) is 1. The molecule has 0 aliphatic heterocycles. The second-order valence-corrected chi connectivity index (χ2v) is 5.77. The van der Waals surface area contributed by atoms with E-state index < -0.39 is 17.8 Å². The van der Waals surface area contributed by atoms with Crippen LogP contribution in [0.25, 0.3) is 0 Å². The minimum absolute atomic E-state index is 0.258. The average Bonchev–Trinajstić information content (AvgIpc) is 2.47. The molecule has 5 heteroatoms. The molecule has 0 saturated carbocycles. The zero-order chi connectivity index (χ0) is 16.1. The molecule has 0 amide bonds. The number of carbonyl (C=O) groups is 1. The van der Waals surface area contributed by atoms with Gasteiger partial charge in [-0.25, -0.2) is 0 Å². The Balaban J connectivity index is 2.44. The van der Waals surface area contributed by atoms with Gasteiger partial charge in [0.1, 0.15) is 0 Å². The van der Waals surface area contributed by atoms with Gasteiger partial charge in [0.2, 0.25) is 0 Å². The Morgan fingerprint density at radius 1 is 1.09 bits per heavy atom. The first-order valence-corrected chi connectivity index (χ1v) is 7.37. The fourth-order valence-corrected chi connectivity index (χ4v) is 2.74. The molecule has 3 nitrogen and oxygen atoms in total. The third kappa shape index (κ3) is 4.00. The predicted octanol–water partition coefficient (Wildman–Crippen LogP) is 3.52. The van der Waals surface area contributed by atoms with Crippen molar-refractivity contribution in [3.05, 3.63) is 69.7 Å². The average molecular weight is 333 g/mol. The van der Waals surface area contributed by atoms with E-state index in [-0.39, 0.29) is 6.42 Å². The number of carboxylic acid groups (broad SMARTS) is 1. The van der Waals surface area contributed by atoms with Gasteiger partial charge >= 0.3 is 0 Å². The molecular weight excluding hydrogens is 321 g/mol. The van der Waals surface area contributed by atoms with Crippen molar-refractivity contribution in [2.24, 2.45) is 0 Å². The Kier molecular flexibility index (Phi) is 5.43. The summed E-state index contributed by atoms with van der Waals surface area (Å²) in [5.41, 5.74) is 1.40. The van der Waals surface area contributed by atoms with Gasteiger partial charge in [0.05, 0.1) is 12.0 Å². The second kappa shape index (κ2) is 7.31. The summed E-state index contributed by atoms with van der Waals surface area (Å²) < 4.78 is 0. The van der Waals surface area contributed by atoms with Crippen LogP contribution < -0.4 is 5.11 Å². The Labute approximate surface area is 138 Å². The zero-order valence-corrected chi connectivity index (χ0v) is 13.0. The van der Waals surface area contributed by atoms with Crippen molar-refractivity contribution in [3.63, 3.8) is 0 Å². The molecule has 0 N–H and O–H groups in total. The summed E-state index contributed by atoms with van der Waals surface area (Å²) in [5.74, 6) is -2.38. The van der Waals surface area contributed by atoms with Crippen molar-refractivity contribution in [2.75, 3.05) is 0 Å². The molecule has 0 aliphatic rings. The SMILES string of the molecule is N#CC(c1cccc(Cl)c1)C(CC(=O)[O-])c1ccc(Cl)cc1. The zero-order valence-electron chi connectivity index (χ0n) is 11.5. The molecule has 2 aromatic rings. The van der Waals surface area contributed by atoms with Gasteiger partial charge in [-0.05, 0) is 41.8 Å². The van der Waals surface area contributed by atoms with E-state index in [4.69, 9.17) is 23.2 Å². The van der Waals surface area contributed by atoms with Crippen LogP contribution in [-0.2, 0) is 4.79 Å². The summed E-state index contributed by atoms with van der Waals surface area (Å²) in [5, 5.41) is 21.7. The molecule has 112 valence electrons.